The van der Waals surface area contributed by atoms with Crippen LogP contribution in [0.2, 0.25) is 10.0 Å². The van der Waals surface area contributed by atoms with Crippen LogP contribution in [0.4, 0.5) is 43.4 Å². The van der Waals surface area contributed by atoms with Crippen LogP contribution >= 0.6 is 23.2 Å². The van der Waals surface area contributed by atoms with Crippen LogP contribution in [0, 0.1) is 0 Å². The van der Waals surface area contributed by atoms with Crippen LogP contribution in [-0.4, -0.2) is 120 Å². The number of anilines is 3. The summed E-state index contributed by atoms with van der Waals surface area (Å²) in [6, 6.07) is 14.5. The van der Waals surface area contributed by atoms with Gasteiger partial charge in [-0.2, -0.15) is 30.6 Å². The molecule has 1 aliphatic heterocycles. The molecule has 8 N–H and O–H groups in total. The molecule has 332 valence electrons. The molecule has 1 saturated heterocycles. The van der Waals surface area contributed by atoms with Crippen molar-refractivity contribution in [2.75, 3.05) is 60.5 Å². The number of carboxylic acid groups (broad SMARTS) is 2. The zero-order valence-electron chi connectivity index (χ0n) is 31.1. The fourth-order valence-corrected chi connectivity index (χ4v) is 7.18. The second-order valence-electron chi connectivity index (χ2n) is 12.2. The number of benzene rings is 3. The molecule has 2 amide bonds. The Kier molecular flexibility index (Phi) is 18.0. The molecule has 1 atom stereocenters. The molecule has 0 saturated carbocycles. The Labute approximate surface area is 348 Å². The van der Waals surface area contributed by atoms with Crippen molar-refractivity contribution >= 4 is 84.1 Å². The first kappa shape index (κ1) is 51.2. The number of hydrogen-bond donors (Lipinski definition) is 6. The van der Waals surface area contributed by atoms with Crippen LogP contribution < -0.4 is 31.3 Å². The molecular weight excluding hydrogens is 903 g/mol. The molecule has 27 heteroatoms. The van der Waals surface area contributed by atoms with E-state index < -0.39 is 62.2 Å². The average Bonchev–Trinajstić information content (AvgIpc) is 3.15. The van der Waals surface area contributed by atoms with Crippen molar-refractivity contribution in [3.05, 3.63) is 81.8 Å². The van der Waals surface area contributed by atoms with E-state index in [0.717, 1.165) is 16.2 Å². The van der Waals surface area contributed by atoms with Crippen LogP contribution in [-0.2, 0) is 41.0 Å². The predicted octanol–water partition coefficient (Wildman–Crippen LogP) is 3.32. The molecule has 3 aromatic rings. The molecule has 1 aliphatic rings. The highest BCUT2D eigenvalue weighted by molar-refractivity contribution is 7.92. The van der Waals surface area contributed by atoms with E-state index in [1.165, 1.54) is 47.8 Å². The molecule has 17 nitrogen and oxygen atoms in total. The van der Waals surface area contributed by atoms with Gasteiger partial charge in [-0.25, -0.2) is 26.4 Å². The van der Waals surface area contributed by atoms with Gasteiger partial charge < -0.3 is 37.2 Å². The first-order valence-electron chi connectivity index (χ1n) is 16.5. The standard InChI is InChI=1S/C29H35Cl2N7O6S2.2C2HF3O2/c1-36(45(2,41)42)27-8-3-19(18-34-29(40)26(33)17-32)13-25(27)28(39)35-22-4-6-24(7-5-22)46(43,44)38-11-9-37(10-12-38)23-15-20(30)14-21(31)16-23;2*3-2(4,5)1(6)7/h3-8,13-16,26H,9-12,17-18,32-33H2,1-2H3,(H,34,40)(H,35,39);2*(H,6,7)/t26-;;/m0../s1. The van der Waals surface area contributed by atoms with Crippen molar-refractivity contribution in [1.29, 1.82) is 0 Å². The number of halogens is 8. The first-order valence-corrected chi connectivity index (χ1v) is 20.6. The molecule has 0 aromatic heterocycles. The van der Waals surface area contributed by atoms with Gasteiger partial charge in [-0.05, 0) is 60.2 Å². The minimum Gasteiger partial charge on any atom is -0.475 e. The number of hydrogen-bond acceptors (Lipinski definition) is 11. The zero-order valence-corrected chi connectivity index (χ0v) is 34.2. The Morgan fingerprint density at radius 1 is 0.833 bits per heavy atom. The summed E-state index contributed by atoms with van der Waals surface area (Å²) in [5.41, 5.74) is 12.8. The molecule has 1 heterocycles. The third kappa shape index (κ3) is 15.3. The van der Waals surface area contributed by atoms with E-state index in [4.69, 9.17) is 54.5 Å². The minimum absolute atomic E-state index is 0.0124. The van der Waals surface area contributed by atoms with Crippen LogP contribution in [0.15, 0.2) is 65.6 Å². The largest absolute Gasteiger partial charge is 0.490 e. The topological polar surface area (TPSA) is 263 Å². The molecular formula is C33H37Cl2F6N7O10S2. The SMILES string of the molecule is CN(c1ccc(CNC(=O)[C@@H](N)CN)cc1C(=O)Nc1ccc(S(=O)(=O)N2CCN(c3cc(Cl)cc(Cl)c3)CC2)cc1)S(C)(=O)=O.O=C(O)C(F)(F)F.O=C(O)C(F)(F)F. The highest BCUT2D eigenvalue weighted by Gasteiger charge is 2.39. The molecule has 0 bridgehead atoms. The third-order valence-corrected chi connectivity index (χ3v) is 11.4. The summed E-state index contributed by atoms with van der Waals surface area (Å²) in [6.07, 6.45) is -9.16. The number of alkyl halides is 6. The van der Waals surface area contributed by atoms with Gasteiger partial charge >= 0.3 is 24.3 Å². The Bertz CT molecular complexity index is 2200. The Morgan fingerprint density at radius 2 is 1.32 bits per heavy atom. The lowest BCUT2D eigenvalue weighted by molar-refractivity contribution is -0.193. The van der Waals surface area contributed by atoms with Crippen molar-refractivity contribution < 1.29 is 72.6 Å². The van der Waals surface area contributed by atoms with Gasteiger partial charge in [0.05, 0.1) is 28.4 Å². The fourth-order valence-electron chi connectivity index (χ4n) is 4.72. The summed E-state index contributed by atoms with van der Waals surface area (Å²) in [4.78, 5) is 45.3. The summed E-state index contributed by atoms with van der Waals surface area (Å²) < 4.78 is 117. The van der Waals surface area contributed by atoms with E-state index in [9.17, 15) is 52.8 Å². The molecule has 3 aromatic carbocycles. The van der Waals surface area contributed by atoms with Crippen molar-refractivity contribution in [3.8, 4) is 0 Å². The van der Waals surface area contributed by atoms with E-state index >= 15 is 0 Å². The quantitative estimate of drug-likeness (QED) is 0.151. The second-order valence-corrected chi connectivity index (χ2v) is 17.1. The number of carbonyl (C=O) groups is 4. The van der Waals surface area contributed by atoms with Crippen molar-refractivity contribution in [2.24, 2.45) is 11.5 Å². The monoisotopic (exact) mass is 939 g/mol. The lowest BCUT2D eigenvalue weighted by Crippen LogP contribution is -2.48. The number of rotatable bonds is 11. The molecule has 0 radical (unpaired) electrons. The van der Waals surface area contributed by atoms with E-state index in [-0.39, 0.29) is 48.0 Å². The zero-order chi connectivity index (χ0) is 46.0. The first-order chi connectivity index (χ1) is 27.5. The summed E-state index contributed by atoms with van der Waals surface area (Å²) in [5, 5.41) is 20.6. The van der Waals surface area contributed by atoms with Gasteiger partial charge in [0.1, 0.15) is 0 Å². The number of nitrogens with two attached hydrogens (primary N) is 2. The molecule has 0 unspecified atom stereocenters. The van der Waals surface area contributed by atoms with Gasteiger partial charge in [0.25, 0.3) is 5.91 Å². The van der Waals surface area contributed by atoms with E-state index in [1.54, 1.807) is 24.3 Å². The number of sulfonamides is 2. The van der Waals surface area contributed by atoms with Gasteiger partial charge in [0.15, 0.2) is 0 Å². The summed E-state index contributed by atoms with van der Waals surface area (Å²) >= 11 is 12.2. The normalized spacial score (nSPS) is 14.0. The molecule has 4 rings (SSSR count). The molecule has 0 aliphatic carbocycles. The lowest BCUT2D eigenvalue weighted by Gasteiger charge is -2.35. The van der Waals surface area contributed by atoms with Crippen molar-refractivity contribution in [3.63, 3.8) is 0 Å². The predicted molar refractivity (Wildman–Crippen MR) is 208 cm³/mol. The van der Waals surface area contributed by atoms with Gasteiger partial charge in [-0.1, -0.05) is 29.3 Å². The van der Waals surface area contributed by atoms with Crippen molar-refractivity contribution in [1.82, 2.24) is 9.62 Å². The van der Waals surface area contributed by atoms with Gasteiger partial charge in [-0.15, -0.1) is 0 Å². The van der Waals surface area contributed by atoms with Crippen LogP contribution in [0.1, 0.15) is 15.9 Å². The van der Waals surface area contributed by atoms with E-state index in [1.807, 2.05) is 4.90 Å². The minimum atomic E-state index is -5.08. The summed E-state index contributed by atoms with van der Waals surface area (Å²) in [7, 11) is -6.24. The smallest absolute Gasteiger partial charge is 0.475 e. The van der Waals surface area contributed by atoms with Crippen LogP contribution in [0.3, 0.4) is 0 Å². The highest BCUT2D eigenvalue weighted by Crippen LogP contribution is 2.29. The maximum absolute atomic E-state index is 13.4. The maximum atomic E-state index is 13.4. The number of nitrogens with zero attached hydrogens (tertiary/aromatic N) is 3. The Morgan fingerprint density at radius 3 is 1.75 bits per heavy atom. The van der Waals surface area contributed by atoms with E-state index in [0.29, 0.717) is 28.7 Å². The lowest BCUT2D eigenvalue weighted by atomic mass is 10.1. The second kappa shape index (κ2) is 21.0. The number of carboxylic acids is 2. The third-order valence-electron chi connectivity index (χ3n) is 7.89. The van der Waals surface area contributed by atoms with Crippen LogP contribution in [0.5, 0.6) is 0 Å². The summed E-state index contributed by atoms with van der Waals surface area (Å²) in [5.74, 6) is -6.64. The maximum Gasteiger partial charge on any atom is 0.490 e. The van der Waals surface area contributed by atoms with Gasteiger partial charge in [0.2, 0.25) is 26.0 Å². The number of carbonyl (C=O) groups excluding carboxylic acids is 2. The van der Waals surface area contributed by atoms with Crippen molar-refractivity contribution in [2.45, 2.75) is 29.8 Å². The number of amides is 2. The van der Waals surface area contributed by atoms with Crippen LogP contribution in [0.25, 0.3) is 0 Å². The van der Waals surface area contributed by atoms with Gasteiger partial charge in [-0.3, -0.25) is 13.9 Å². The molecule has 1 fully saturated rings. The Hall–Kier alpha value is -4.92. The number of aliphatic carboxylic acids is 2. The van der Waals surface area contributed by atoms with E-state index in [2.05, 4.69) is 10.6 Å². The summed E-state index contributed by atoms with van der Waals surface area (Å²) in [6.45, 7) is 1.35. The van der Waals surface area contributed by atoms with Gasteiger partial charge in [0, 0.05) is 67.7 Å². The molecule has 60 heavy (non-hydrogen) atoms. The fraction of sp³-hybridized carbons (Fsp3) is 0.333. The number of piperazine rings is 1. The number of nitrogens with one attached hydrogen (secondary N) is 2. The highest BCUT2D eigenvalue weighted by atomic mass is 35.5. The Balaban J connectivity index is 0.000000758. The average molecular weight is 941 g/mol. The molecule has 0 spiro atoms.